The lowest BCUT2D eigenvalue weighted by Gasteiger charge is -2.32. The first kappa shape index (κ1) is 29.5. The van der Waals surface area contributed by atoms with Gasteiger partial charge in [0.15, 0.2) is 0 Å². The zero-order valence-electron chi connectivity index (χ0n) is 23.4. The Morgan fingerprint density at radius 3 is 2.81 bits per heavy atom. The average Bonchev–Trinajstić information content (AvgIpc) is 3.46. The summed E-state index contributed by atoms with van der Waals surface area (Å²) in [6.07, 6.45) is 7.98. The topological polar surface area (TPSA) is 193 Å². The minimum Gasteiger partial charge on any atom is -0.495 e. The van der Waals surface area contributed by atoms with Crippen LogP contribution in [0.2, 0.25) is 0 Å². The molecule has 0 unspecified atom stereocenters. The quantitative estimate of drug-likeness (QED) is 0.196. The fraction of sp³-hybridized carbons (Fsp3) is 0.321. The van der Waals surface area contributed by atoms with Crippen molar-refractivity contribution in [2.45, 2.75) is 32.2 Å². The molecule has 0 bridgehead atoms. The van der Waals surface area contributed by atoms with E-state index in [0.717, 1.165) is 12.8 Å². The predicted octanol–water partition coefficient (Wildman–Crippen LogP) is 2.57. The number of hydrogen-bond acceptors (Lipinski definition) is 10. The van der Waals surface area contributed by atoms with Crippen LogP contribution < -0.4 is 26.4 Å². The number of nitrogens with zero attached hydrogens (tertiary/aromatic N) is 6. The Labute approximate surface area is 242 Å². The third-order valence-electron chi connectivity index (χ3n) is 6.72. The second-order valence-corrected chi connectivity index (χ2v) is 9.60. The molecule has 0 spiro atoms. The minimum atomic E-state index is -0.738. The number of methoxy groups -OCH3 is 1. The second kappa shape index (κ2) is 13.3. The lowest BCUT2D eigenvalue weighted by atomic mass is 10.1. The first-order valence-electron chi connectivity index (χ1n) is 13.2. The van der Waals surface area contributed by atoms with E-state index in [0.29, 0.717) is 41.3 Å². The number of ether oxygens (including phenoxy) is 1. The number of carbonyl (C=O) groups is 3. The van der Waals surface area contributed by atoms with Gasteiger partial charge < -0.3 is 31.3 Å². The van der Waals surface area contributed by atoms with Gasteiger partial charge in [-0.05, 0) is 43.5 Å². The van der Waals surface area contributed by atoms with Gasteiger partial charge in [0.2, 0.25) is 11.9 Å². The van der Waals surface area contributed by atoms with Crippen LogP contribution in [0, 0.1) is 18.3 Å². The molecule has 1 aromatic carbocycles. The molecule has 3 amide bonds. The molecule has 1 saturated heterocycles. The SMILES string of the molecule is C=CC(=O)N1CCC[C@@H](n2cc(Nc3ncc(C(N)=O)c(Nc4c(C)cc(C(=O)NCCC#N)cc4OC)n3)cn2)C1. The number of benzene rings is 1. The lowest BCUT2D eigenvalue weighted by molar-refractivity contribution is -0.127. The van der Waals surface area contributed by atoms with Crippen molar-refractivity contribution in [1.29, 1.82) is 5.26 Å². The zero-order valence-corrected chi connectivity index (χ0v) is 23.4. The van der Waals surface area contributed by atoms with Crippen molar-refractivity contribution in [1.82, 2.24) is 30.0 Å². The van der Waals surface area contributed by atoms with Crippen molar-refractivity contribution in [2.24, 2.45) is 5.73 Å². The molecule has 0 saturated carbocycles. The Morgan fingerprint density at radius 1 is 1.29 bits per heavy atom. The molecule has 42 heavy (non-hydrogen) atoms. The number of carbonyl (C=O) groups excluding carboxylic acids is 3. The van der Waals surface area contributed by atoms with Gasteiger partial charge in [0.25, 0.3) is 11.8 Å². The Kier molecular flexibility index (Phi) is 9.33. The molecule has 14 heteroatoms. The molecule has 2 aromatic heterocycles. The van der Waals surface area contributed by atoms with Crippen LogP contribution in [-0.4, -0.2) is 69.1 Å². The molecular weight excluding hydrogens is 540 g/mol. The van der Waals surface area contributed by atoms with Gasteiger partial charge in [0.1, 0.15) is 17.1 Å². The Bertz CT molecular complexity index is 1540. The van der Waals surface area contributed by atoms with Gasteiger partial charge in [-0.15, -0.1) is 0 Å². The highest BCUT2D eigenvalue weighted by molar-refractivity contribution is 5.99. The number of primary amides is 1. The Morgan fingerprint density at radius 2 is 2.10 bits per heavy atom. The van der Waals surface area contributed by atoms with E-state index in [-0.39, 0.29) is 48.2 Å². The van der Waals surface area contributed by atoms with Gasteiger partial charge in [-0.25, -0.2) is 4.98 Å². The molecule has 14 nitrogen and oxygen atoms in total. The Hall–Kier alpha value is -5.45. The van der Waals surface area contributed by atoms with Crippen LogP contribution in [0.3, 0.4) is 0 Å². The summed E-state index contributed by atoms with van der Waals surface area (Å²) >= 11 is 0. The van der Waals surface area contributed by atoms with Crippen molar-refractivity contribution in [3.8, 4) is 11.8 Å². The number of anilines is 4. The second-order valence-electron chi connectivity index (χ2n) is 9.60. The van der Waals surface area contributed by atoms with E-state index in [1.165, 1.54) is 19.4 Å². The summed E-state index contributed by atoms with van der Waals surface area (Å²) < 4.78 is 7.32. The number of amides is 3. The molecule has 3 aromatic rings. The lowest BCUT2D eigenvalue weighted by Crippen LogP contribution is -2.39. The van der Waals surface area contributed by atoms with Crippen molar-refractivity contribution in [2.75, 3.05) is 37.4 Å². The van der Waals surface area contributed by atoms with E-state index in [1.54, 1.807) is 41.0 Å². The fourth-order valence-corrected chi connectivity index (χ4v) is 4.61. The van der Waals surface area contributed by atoms with Crippen molar-refractivity contribution >= 4 is 40.9 Å². The molecule has 1 atom stereocenters. The number of nitrogens with two attached hydrogens (primary N) is 1. The van der Waals surface area contributed by atoms with E-state index < -0.39 is 5.91 Å². The molecule has 1 fully saturated rings. The predicted molar refractivity (Wildman–Crippen MR) is 155 cm³/mol. The van der Waals surface area contributed by atoms with E-state index in [4.69, 9.17) is 15.7 Å². The summed E-state index contributed by atoms with van der Waals surface area (Å²) in [4.78, 5) is 47.2. The molecule has 5 N–H and O–H groups in total. The summed E-state index contributed by atoms with van der Waals surface area (Å²) in [5.74, 6) is -0.545. The van der Waals surface area contributed by atoms with Crippen LogP contribution in [0.1, 0.15) is 51.6 Å². The summed E-state index contributed by atoms with van der Waals surface area (Å²) in [6, 6.07) is 5.19. The van der Waals surface area contributed by atoms with E-state index >= 15 is 0 Å². The monoisotopic (exact) mass is 572 g/mol. The number of piperidine rings is 1. The maximum Gasteiger partial charge on any atom is 0.254 e. The normalized spacial score (nSPS) is 14.4. The minimum absolute atomic E-state index is 0.0143. The maximum absolute atomic E-state index is 12.5. The highest BCUT2D eigenvalue weighted by Crippen LogP contribution is 2.33. The number of hydrogen-bond donors (Lipinski definition) is 4. The summed E-state index contributed by atoms with van der Waals surface area (Å²) in [5, 5.41) is 22.0. The largest absolute Gasteiger partial charge is 0.495 e. The standard InChI is InChI=1S/C28H32N10O4/c1-4-23(39)37-10-5-7-20(16-37)38-15-19(13-33-38)34-28-32-14-21(25(30)40)26(36-28)35-24-17(2)11-18(12-22(24)42-3)27(41)31-9-6-8-29/h4,11-15,20H,1,5-7,9-10,16H2,2-3H3,(H2,30,40)(H,31,41)(H2,32,34,35,36)/t20-/m1/s1. The maximum atomic E-state index is 12.5. The average molecular weight is 573 g/mol. The first-order chi connectivity index (χ1) is 20.2. The molecule has 4 rings (SSSR count). The van der Waals surface area contributed by atoms with Crippen LogP contribution in [0.4, 0.5) is 23.1 Å². The van der Waals surface area contributed by atoms with Gasteiger partial charge in [-0.3, -0.25) is 19.1 Å². The summed E-state index contributed by atoms with van der Waals surface area (Å²) in [5.41, 5.74) is 7.71. The van der Waals surface area contributed by atoms with Crippen molar-refractivity contribution < 1.29 is 19.1 Å². The van der Waals surface area contributed by atoms with Gasteiger partial charge in [0.05, 0.1) is 43.2 Å². The van der Waals surface area contributed by atoms with Crippen LogP contribution in [0.25, 0.3) is 0 Å². The summed E-state index contributed by atoms with van der Waals surface area (Å²) in [6.45, 7) is 6.78. The first-order valence-corrected chi connectivity index (χ1v) is 13.2. The number of nitriles is 1. The highest BCUT2D eigenvalue weighted by Gasteiger charge is 2.24. The van der Waals surface area contributed by atoms with Crippen molar-refractivity contribution in [3.63, 3.8) is 0 Å². The third-order valence-corrected chi connectivity index (χ3v) is 6.72. The van der Waals surface area contributed by atoms with Crippen LogP contribution in [0.5, 0.6) is 5.75 Å². The smallest absolute Gasteiger partial charge is 0.254 e. The van der Waals surface area contributed by atoms with Crippen molar-refractivity contribution in [3.05, 3.63) is 60.1 Å². The number of rotatable bonds is 11. The zero-order chi connectivity index (χ0) is 30.2. The fourth-order valence-electron chi connectivity index (χ4n) is 4.61. The van der Waals surface area contributed by atoms with Crippen LogP contribution >= 0.6 is 0 Å². The van der Waals surface area contributed by atoms with Crippen LogP contribution in [-0.2, 0) is 4.79 Å². The van der Waals surface area contributed by atoms with E-state index in [9.17, 15) is 14.4 Å². The van der Waals surface area contributed by atoms with Gasteiger partial charge in [-0.2, -0.15) is 15.3 Å². The van der Waals surface area contributed by atoms with Crippen LogP contribution in [0.15, 0.2) is 43.4 Å². The number of aryl methyl sites for hydroxylation is 1. The number of aromatic nitrogens is 4. The number of likely N-dealkylation sites (tertiary alicyclic amines) is 1. The van der Waals surface area contributed by atoms with E-state index in [2.05, 4.69) is 37.6 Å². The molecular formula is C28H32N10O4. The Balaban J connectivity index is 1.55. The highest BCUT2D eigenvalue weighted by atomic mass is 16.5. The molecule has 3 heterocycles. The molecule has 1 aliphatic heterocycles. The summed E-state index contributed by atoms with van der Waals surface area (Å²) in [7, 11) is 1.45. The molecule has 0 aliphatic carbocycles. The molecule has 0 radical (unpaired) electrons. The van der Waals surface area contributed by atoms with E-state index in [1.807, 2.05) is 6.07 Å². The number of nitrogens with one attached hydrogen (secondary N) is 3. The van der Waals surface area contributed by atoms with Gasteiger partial charge >= 0.3 is 0 Å². The molecule has 218 valence electrons. The molecule has 1 aliphatic rings. The van der Waals surface area contributed by atoms with Gasteiger partial charge in [-0.1, -0.05) is 6.58 Å². The third kappa shape index (κ3) is 6.81. The van der Waals surface area contributed by atoms with Gasteiger partial charge in [0, 0.05) is 37.6 Å².